The van der Waals surface area contributed by atoms with Crippen molar-refractivity contribution in [2.45, 2.75) is 13.3 Å². The van der Waals surface area contributed by atoms with Crippen LogP contribution in [0.1, 0.15) is 11.1 Å². The summed E-state index contributed by atoms with van der Waals surface area (Å²) in [5.41, 5.74) is 3.04. The van der Waals surface area contributed by atoms with Crippen molar-refractivity contribution in [3.63, 3.8) is 0 Å². The fourth-order valence-electron chi connectivity index (χ4n) is 1.59. The molecule has 1 aromatic heterocycles. The summed E-state index contributed by atoms with van der Waals surface area (Å²) >= 11 is 0. The molecule has 3 nitrogen and oxygen atoms in total. The number of nitrogens with one attached hydrogen (secondary N) is 1. The Bertz CT molecular complexity index is 485. The molecule has 0 aliphatic heterocycles. The Labute approximate surface area is 81.4 Å². The second-order valence-corrected chi connectivity index (χ2v) is 3.42. The van der Waals surface area contributed by atoms with Crippen molar-refractivity contribution in [2.24, 2.45) is 0 Å². The van der Waals surface area contributed by atoms with E-state index in [2.05, 4.69) is 4.98 Å². The molecule has 2 rings (SSSR count). The van der Waals surface area contributed by atoms with E-state index in [0.29, 0.717) is 0 Å². The molecule has 0 amide bonds. The first-order valence-corrected chi connectivity index (χ1v) is 4.45. The molecule has 0 unspecified atom stereocenters. The number of carboxylic acid groups (broad SMARTS) is 1. The van der Waals surface area contributed by atoms with Crippen LogP contribution >= 0.6 is 0 Å². The van der Waals surface area contributed by atoms with Crippen LogP contribution in [0.4, 0.5) is 0 Å². The van der Waals surface area contributed by atoms with E-state index in [-0.39, 0.29) is 6.42 Å². The Balaban J connectivity index is 2.49. The highest BCUT2D eigenvalue weighted by Gasteiger charge is 2.03. The Morgan fingerprint density at radius 2 is 2.29 bits per heavy atom. The molecule has 0 spiro atoms. The fraction of sp³-hybridized carbons (Fsp3) is 0.182. The summed E-state index contributed by atoms with van der Waals surface area (Å²) < 4.78 is 0. The van der Waals surface area contributed by atoms with Crippen molar-refractivity contribution in [2.75, 3.05) is 0 Å². The number of carboxylic acids is 1. The number of benzene rings is 1. The van der Waals surface area contributed by atoms with E-state index in [1.807, 2.05) is 31.3 Å². The summed E-state index contributed by atoms with van der Waals surface area (Å²) in [5, 5.41) is 9.75. The topological polar surface area (TPSA) is 53.1 Å². The van der Waals surface area contributed by atoms with Crippen LogP contribution in [0.15, 0.2) is 24.4 Å². The maximum absolute atomic E-state index is 10.5. The third kappa shape index (κ3) is 1.48. The second-order valence-electron chi connectivity index (χ2n) is 3.42. The average molecular weight is 189 g/mol. The first-order chi connectivity index (χ1) is 6.66. The first kappa shape index (κ1) is 8.81. The van der Waals surface area contributed by atoms with E-state index in [0.717, 1.165) is 22.0 Å². The number of aromatic amines is 1. The number of aliphatic carboxylic acids is 1. The van der Waals surface area contributed by atoms with Gasteiger partial charge in [-0.25, -0.2) is 0 Å². The largest absolute Gasteiger partial charge is 0.481 e. The lowest BCUT2D eigenvalue weighted by Crippen LogP contribution is -1.99. The van der Waals surface area contributed by atoms with Crippen molar-refractivity contribution in [3.8, 4) is 0 Å². The molecular formula is C11H11NO2. The van der Waals surface area contributed by atoms with Gasteiger partial charge in [-0.2, -0.15) is 0 Å². The molecule has 0 saturated carbocycles. The van der Waals surface area contributed by atoms with E-state index >= 15 is 0 Å². The standard InChI is InChI=1S/C11H11NO2/c1-7-6-12-10-3-2-8(4-9(7)10)5-11(13)14/h2-4,6,12H,5H2,1H3,(H,13,14). The van der Waals surface area contributed by atoms with Gasteiger partial charge in [0.05, 0.1) is 6.42 Å². The van der Waals surface area contributed by atoms with Crippen molar-refractivity contribution in [3.05, 3.63) is 35.5 Å². The van der Waals surface area contributed by atoms with Gasteiger partial charge in [0.2, 0.25) is 0 Å². The fourth-order valence-corrected chi connectivity index (χ4v) is 1.59. The lowest BCUT2D eigenvalue weighted by Gasteiger charge is -1.97. The summed E-state index contributed by atoms with van der Waals surface area (Å²) in [6.07, 6.45) is 2.01. The summed E-state index contributed by atoms with van der Waals surface area (Å²) in [5.74, 6) is -0.794. The number of rotatable bonds is 2. The molecule has 72 valence electrons. The van der Waals surface area contributed by atoms with Gasteiger partial charge in [-0.05, 0) is 30.2 Å². The maximum Gasteiger partial charge on any atom is 0.307 e. The SMILES string of the molecule is Cc1c[nH]c2ccc(CC(=O)O)cc12. The van der Waals surface area contributed by atoms with E-state index < -0.39 is 5.97 Å². The summed E-state index contributed by atoms with van der Waals surface area (Å²) in [6, 6.07) is 5.68. The van der Waals surface area contributed by atoms with Gasteiger partial charge in [0.25, 0.3) is 0 Å². The predicted octanol–water partition coefficient (Wildman–Crippen LogP) is 2.10. The molecular weight excluding hydrogens is 178 g/mol. The van der Waals surface area contributed by atoms with Crippen molar-refractivity contribution in [1.29, 1.82) is 0 Å². The number of aromatic nitrogens is 1. The molecule has 14 heavy (non-hydrogen) atoms. The third-order valence-electron chi connectivity index (χ3n) is 2.31. The first-order valence-electron chi connectivity index (χ1n) is 4.45. The van der Waals surface area contributed by atoms with Gasteiger partial charge in [-0.1, -0.05) is 6.07 Å². The summed E-state index contributed by atoms with van der Waals surface area (Å²) in [4.78, 5) is 13.6. The molecule has 2 N–H and O–H groups in total. The molecule has 0 aliphatic carbocycles. The molecule has 0 saturated heterocycles. The number of carbonyl (C=O) groups is 1. The zero-order chi connectivity index (χ0) is 10.1. The normalized spacial score (nSPS) is 10.6. The van der Waals surface area contributed by atoms with Gasteiger partial charge in [0.1, 0.15) is 0 Å². The van der Waals surface area contributed by atoms with Gasteiger partial charge in [-0.3, -0.25) is 4.79 Å². The lowest BCUT2D eigenvalue weighted by atomic mass is 10.1. The van der Waals surface area contributed by atoms with Crippen LogP contribution < -0.4 is 0 Å². The van der Waals surface area contributed by atoms with Crippen LogP contribution in [-0.4, -0.2) is 16.1 Å². The highest BCUT2D eigenvalue weighted by Crippen LogP contribution is 2.19. The Hall–Kier alpha value is -1.77. The Morgan fingerprint density at radius 1 is 1.50 bits per heavy atom. The molecule has 2 aromatic rings. The minimum absolute atomic E-state index is 0.0839. The molecule has 0 bridgehead atoms. The smallest absolute Gasteiger partial charge is 0.307 e. The van der Waals surface area contributed by atoms with Crippen molar-refractivity contribution >= 4 is 16.9 Å². The van der Waals surface area contributed by atoms with E-state index in [4.69, 9.17) is 5.11 Å². The summed E-state index contributed by atoms with van der Waals surface area (Å²) in [6.45, 7) is 2.00. The molecule has 3 heteroatoms. The van der Waals surface area contributed by atoms with E-state index in [1.165, 1.54) is 0 Å². The monoisotopic (exact) mass is 189 g/mol. The van der Waals surface area contributed by atoms with Crippen molar-refractivity contribution in [1.82, 2.24) is 4.98 Å². The highest BCUT2D eigenvalue weighted by molar-refractivity contribution is 5.84. The van der Waals surface area contributed by atoms with Gasteiger partial charge in [0, 0.05) is 17.1 Å². The predicted molar refractivity (Wildman–Crippen MR) is 54.4 cm³/mol. The number of hydrogen-bond acceptors (Lipinski definition) is 1. The second kappa shape index (κ2) is 3.18. The zero-order valence-corrected chi connectivity index (χ0v) is 7.87. The maximum atomic E-state index is 10.5. The lowest BCUT2D eigenvalue weighted by molar-refractivity contribution is -0.136. The number of hydrogen-bond donors (Lipinski definition) is 2. The number of fused-ring (bicyclic) bond motifs is 1. The highest BCUT2D eigenvalue weighted by atomic mass is 16.4. The van der Waals surface area contributed by atoms with Crippen LogP contribution in [0.5, 0.6) is 0 Å². The van der Waals surface area contributed by atoms with Gasteiger partial charge >= 0.3 is 5.97 Å². The minimum atomic E-state index is -0.794. The molecule has 0 fully saturated rings. The van der Waals surface area contributed by atoms with Gasteiger partial charge in [-0.15, -0.1) is 0 Å². The van der Waals surface area contributed by atoms with Crippen LogP contribution in [0.2, 0.25) is 0 Å². The Morgan fingerprint density at radius 3 is 3.00 bits per heavy atom. The minimum Gasteiger partial charge on any atom is -0.481 e. The average Bonchev–Trinajstić information content (AvgIpc) is 2.47. The molecule has 0 atom stereocenters. The number of aryl methyl sites for hydroxylation is 1. The third-order valence-corrected chi connectivity index (χ3v) is 2.31. The van der Waals surface area contributed by atoms with Gasteiger partial charge in [0.15, 0.2) is 0 Å². The van der Waals surface area contributed by atoms with Gasteiger partial charge < -0.3 is 10.1 Å². The van der Waals surface area contributed by atoms with Crippen LogP contribution in [0, 0.1) is 6.92 Å². The molecule has 1 aromatic carbocycles. The zero-order valence-electron chi connectivity index (χ0n) is 7.87. The van der Waals surface area contributed by atoms with E-state index in [1.54, 1.807) is 0 Å². The number of H-pyrrole nitrogens is 1. The van der Waals surface area contributed by atoms with Crippen LogP contribution in [-0.2, 0) is 11.2 Å². The molecule has 1 heterocycles. The Kier molecular flexibility index (Phi) is 2.00. The van der Waals surface area contributed by atoms with Crippen LogP contribution in [0.25, 0.3) is 10.9 Å². The van der Waals surface area contributed by atoms with Crippen molar-refractivity contribution < 1.29 is 9.90 Å². The summed E-state index contributed by atoms with van der Waals surface area (Å²) in [7, 11) is 0. The molecule has 0 aliphatic rings. The van der Waals surface area contributed by atoms with Crippen LogP contribution in [0.3, 0.4) is 0 Å². The molecule has 0 radical (unpaired) electrons. The quantitative estimate of drug-likeness (QED) is 0.760. The van der Waals surface area contributed by atoms with E-state index in [9.17, 15) is 4.79 Å².